The Morgan fingerprint density at radius 3 is 2.43 bits per heavy atom. The second-order valence-electron chi connectivity index (χ2n) is 10.8. The van der Waals surface area contributed by atoms with Crippen LogP contribution in [0.4, 0.5) is 24.5 Å². The fraction of sp³-hybridized carbons (Fsp3) is 0.586. The van der Waals surface area contributed by atoms with E-state index in [1.54, 1.807) is 0 Å². The van der Waals surface area contributed by atoms with Crippen LogP contribution >= 0.6 is 11.8 Å². The van der Waals surface area contributed by atoms with Crippen LogP contribution < -0.4 is 16.0 Å². The number of anilines is 2. The van der Waals surface area contributed by atoms with E-state index in [1.807, 2.05) is 0 Å². The number of fused-ring (bicyclic) bond motifs is 2. The molecule has 37 heavy (non-hydrogen) atoms. The van der Waals surface area contributed by atoms with E-state index in [0.29, 0.717) is 18.0 Å². The van der Waals surface area contributed by atoms with Gasteiger partial charge in [-0.3, -0.25) is 0 Å². The summed E-state index contributed by atoms with van der Waals surface area (Å²) in [6.45, 7) is 8.03. The van der Waals surface area contributed by atoms with Gasteiger partial charge in [-0.2, -0.15) is 13.2 Å². The highest BCUT2D eigenvalue weighted by Crippen LogP contribution is 2.47. The lowest BCUT2D eigenvalue weighted by molar-refractivity contribution is -0.137. The number of rotatable bonds is 7. The highest BCUT2D eigenvalue weighted by atomic mass is 32.2. The number of hydrogen-bond acceptors (Lipinski definition) is 5. The van der Waals surface area contributed by atoms with Crippen LogP contribution in [0.25, 0.3) is 0 Å². The van der Waals surface area contributed by atoms with Crippen molar-refractivity contribution < 1.29 is 13.2 Å². The summed E-state index contributed by atoms with van der Waals surface area (Å²) in [7, 11) is 0. The van der Waals surface area contributed by atoms with Crippen LogP contribution in [0.5, 0.6) is 0 Å². The Hall–Kier alpha value is -1.90. The van der Waals surface area contributed by atoms with Crippen LogP contribution in [-0.2, 0) is 12.6 Å². The number of nitrogens with one attached hydrogen (secondary N) is 1. The van der Waals surface area contributed by atoms with Crippen molar-refractivity contribution in [1.82, 2.24) is 4.90 Å². The second-order valence-corrected chi connectivity index (χ2v) is 11.9. The topological polar surface area (TPSA) is 44.5 Å². The van der Waals surface area contributed by atoms with Crippen molar-refractivity contribution in [3.63, 3.8) is 0 Å². The fourth-order valence-electron chi connectivity index (χ4n) is 6.05. The predicted octanol–water partition coefficient (Wildman–Crippen LogP) is 6.61. The molecule has 3 aliphatic heterocycles. The smallest absolute Gasteiger partial charge is 0.382 e. The van der Waals surface area contributed by atoms with Gasteiger partial charge in [0.05, 0.1) is 5.56 Å². The van der Waals surface area contributed by atoms with Crippen molar-refractivity contribution in [3.05, 3.63) is 47.0 Å². The van der Waals surface area contributed by atoms with E-state index in [2.05, 4.69) is 40.2 Å². The molecule has 202 valence electrons. The third-order valence-corrected chi connectivity index (χ3v) is 9.40. The van der Waals surface area contributed by atoms with E-state index in [4.69, 9.17) is 5.73 Å². The van der Waals surface area contributed by atoms with E-state index in [9.17, 15) is 13.2 Å². The fourth-order valence-corrected chi connectivity index (χ4v) is 7.23. The molecule has 0 unspecified atom stereocenters. The summed E-state index contributed by atoms with van der Waals surface area (Å²) in [5, 5.41) is 3.54. The molecule has 3 N–H and O–H groups in total. The number of hydrogen-bond donors (Lipinski definition) is 2. The molecule has 0 atom stereocenters. The molecule has 0 aliphatic carbocycles. The Labute approximate surface area is 223 Å². The van der Waals surface area contributed by atoms with Gasteiger partial charge in [-0.05, 0) is 92.9 Å². The molecule has 4 nitrogen and oxygen atoms in total. The quantitative estimate of drug-likeness (QED) is 0.358. The molecule has 2 aromatic rings. The average molecular weight is 533 g/mol. The molecule has 2 fully saturated rings. The van der Waals surface area contributed by atoms with Gasteiger partial charge >= 0.3 is 6.18 Å². The summed E-state index contributed by atoms with van der Waals surface area (Å²) >= 11 is 1.49. The SMILES string of the molecule is CCCN1CCC(Nc2cc(C(F)(F)F)cc3c2Cc2ccc(N4CCC(CCN)CC4)cc2S3)CC1. The molecule has 2 aromatic carbocycles. The number of benzene rings is 2. The molecule has 3 aliphatic rings. The second kappa shape index (κ2) is 11.5. The summed E-state index contributed by atoms with van der Waals surface area (Å²) in [6, 6.07) is 9.44. The first-order valence-corrected chi connectivity index (χ1v) is 14.6. The standard InChI is InChI=1S/C29H39F3N4S/c1-2-11-35-12-8-23(9-13-35)34-26-17-22(29(30,31)32)18-28-25(26)16-21-3-4-24(19-27(21)37-28)36-14-6-20(5-10-33)7-15-36/h3-4,17-20,23,34H,2,5-16,33H2,1H3. The van der Waals surface area contributed by atoms with Crippen LogP contribution in [0, 0.1) is 5.92 Å². The van der Waals surface area contributed by atoms with E-state index < -0.39 is 11.7 Å². The number of nitrogens with zero attached hydrogens (tertiary/aromatic N) is 2. The molecule has 0 saturated carbocycles. The van der Waals surface area contributed by atoms with Gasteiger partial charge < -0.3 is 20.9 Å². The first kappa shape index (κ1) is 26.7. The van der Waals surface area contributed by atoms with Crippen LogP contribution in [0.3, 0.4) is 0 Å². The van der Waals surface area contributed by atoms with Gasteiger partial charge in [0.1, 0.15) is 0 Å². The highest BCUT2D eigenvalue weighted by Gasteiger charge is 2.34. The normalized spacial score (nSPS) is 19.5. The van der Waals surface area contributed by atoms with Gasteiger partial charge in [0, 0.05) is 59.8 Å². The summed E-state index contributed by atoms with van der Waals surface area (Å²) in [4.78, 5) is 6.66. The maximum absolute atomic E-state index is 13.9. The Morgan fingerprint density at radius 1 is 1.00 bits per heavy atom. The lowest BCUT2D eigenvalue weighted by atomic mass is 9.93. The summed E-state index contributed by atoms with van der Waals surface area (Å²) < 4.78 is 41.7. The van der Waals surface area contributed by atoms with Crippen molar-refractivity contribution in [2.75, 3.05) is 49.5 Å². The first-order valence-electron chi connectivity index (χ1n) is 13.8. The molecule has 0 radical (unpaired) electrons. The van der Waals surface area contributed by atoms with Crippen molar-refractivity contribution in [2.24, 2.45) is 11.7 Å². The minimum absolute atomic E-state index is 0.205. The molecule has 0 aromatic heterocycles. The molecule has 0 spiro atoms. The number of likely N-dealkylation sites (tertiary alicyclic amines) is 1. The zero-order valence-electron chi connectivity index (χ0n) is 21.7. The van der Waals surface area contributed by atoms with Crippen molar-refractivity contribution in [3.8, 4) is 0 Å². The number of piperidine rings is 2. The summed E-state index contributed by atoms with van der Waals surface area (Å²) in [5.74, 6) is 0.700. The molecule has 3 heterocycles. The molecule has 2 saturated heterocycles. The Morgan fingerprint density at radius 2 is 1.76 bits per heavy atom. The maximum atomic E-state index is 13.9. The largest absolute Gasteiger partial charge is 0.416 e. The van der Waals surface area contributed by atoms with Crippen molar-refractivity contribution >= 4 is 23.1 Å². The molecule has 5 rings (SSSR count). The van der Waals surface area contributed by atoms with Gasteiger partial charge in [0.2, 0.25) is 0 Å². The molecule has 0 bridgehead atoms. The monoisotopic (exact) mass is 532 g/mol. The molecule has 0 amide bonds. The van der Waals surface area contributed by atoms with Gasteiger partial charge in [-0.15, -0.1) is 0 Å². The average Bonchev–Trinajstić information content (AvgIpc) is 2.88. The summed E-state index contributed by atoms with van der Waals surface area (Å²) in [5.41, 5.74) is 9.20. The Balaban J connectivity index is 1.36. The van der Waals surface area contributed by atoms with Crippen molar-refractivity contribution in [1.29, 1.82) is 0 Å². The van der Waals surface area contributed by atoms with Gasteiger partial charge in [0.25, 0.3) is 0 Å². The van der Waals surface area contributed by atoms with Crippen LogP contribution in [0.2, 0.25) is 0 Å². The first-order chi connectivity index (χ1) is 17.8. The Bertz CT molecular complexity index is 1070. The number of halogens is 3. The van der Waals surface area contributed by atoms with E-state index in [1.165, 1.54) is 35.1 Å². The Kier molecular flexibility index (Phi) is 8.27. The van der Waals surface area contributed by atoms with E-state index >= 15 is 0 Å². The number of nitrogens with two attached hydrogens (primary N) is 1. The van der Waals surface area contributed by atoms with Crippen LogP contribution in [0.1, 0.15) is 62.1 Å². The lowest BCUT2D eigenvalue weighted by Crippen LogP contribution is -2.39. The van der Waals surface area contributed by atoms with Gasteiger partial charge in [-0.1, -0.05) is 24.8 Å². The number of alkyl halides is 3. The maximum Gasteiger partial charge on any atom is 0.416 e. The minimum Gasteiger partial charge on any atom is -0.382 e. The summed E-state index contributed by atoms with van der Waals surface area (Å²) in [6.07, 6.45) is 2.71. The molecular formula is C29H39F3N4S. The minimum atomic E-state index is -4.37. The zero-order valence-corrected chi connectivity index (χ0v) is 22.6. The van der Waals surface area contributed by atoms with Crippen molar-refractivity contribution in [2.45, 2.75) is 73.9 Å². The molecular weight excluding hydrogens is 493 g/mol. The van der Waals surface area contributed by atoms with Crippen LogP contribution in [-0.4, -0.2) is 50.2 Å². The zero-order chi connectivity index (χ0) is 26.0. The van der Waals surface area contributed by atoms with Crippen LogP contribution in [0.15, 0.2) is 40.1 Å². The third kappa shape index (κ3) is 6.23. The lowest BCUT2D eigenvalue weighted by Gasteiger charge is -2.35. The highest BCUT2D eigenvalue weighted by molar-refractivity contribution is 7.99. The molecule has 8 heteroatoms. The van der Waals surface area contributed by atoms with Gasteiger partial charge in [0.15, 0.2) is 0 Å². The van der Waals surface area contributed by atoms with Gasteiger partial charge in [-0.25, -0.2) is 0 Å². The van der Waals surface area contributed by atoms with E-state index in [0.717, 1.165) is 93.1 Å². The third-order valence-electron chi connectivity index (χ3n) is 8.22. The van der Waals surface area contributed by atoms with E-state index in [-0.39, 0.29) is 6.04 Å². The predicted molar refractivity (Wildman–Crippen MR) is 147 cm³/mol.